The van der Waals surface area contributed by atoms with Crippen molar-refractivity contribution in [3.63, 3.8) is 0 Å². The van der Waals surface area contributed by atoms with E-state index in [0.717, 1.165) is 5.69 Å². The third-order valence-electron chi connectivity index (χ3n) is 3.65. The van der Waals surface area contributed by atoms with Crippen LogP contribution in [0.25, 0.3) is 5.69 Å². The molecule has 0 aliphatic heterocycles. The van der Waals surface area contributed by atoms with Crippen LogP contribution < -0.4 is 10.9 Å². The Morgan fingerprint density at radius 1 is 1.00 bits per heavy atom. The molecule has 2 aromatic heterocycles. The maximum atomic E-state index is 12.4. The van der Waals surface area contributed by atoms with Crippen LogP contribution in [0.4, 0.5) is 0 Å². The predicted molar refractivity (Wildman–Crippen MR) is 88.8 cm³/mol. The number of amides is 2. The Morgan fingerprint density at radius 2 is 1.71 bits per heavy atom. The summed E-state index contributed by atoms with van der Waals surface area (Å²) in [5.74, 6) is -0.828. The van der Waals surface area contributed by atoms with Crippen LogP contribution >= 0.6 is 0 Å². The monoisotopic (exact) mass is 323 g/mol. The van der Waals surface area contributed by atoms with E-state index < -0.39 is 11.8 Å². The van der Waals surface area contributed by atoms with E-state index in [1.165, 1.54) is 0 Å². The standard InChI is InChI=1S/C17H17N5O2/c1-11-15(12(2)22(21-11)13-7-4-3-5-8-13)17(24)20-19-16(23)14-9-6-10-18-14/h3-10,18H,1-2H3,(H,19,23)(H,20,24). The van der Waals surface area contributed by atoms with Crippen molar-refractivity contribution < 1.29 is 9.59 Å². The van der Waals surface area contributed by atoms with Crippen molar-refractivity contribution in [3.8, 4) is 5.69 Å². The van der Waals surface area contributed by atoms with Crippen LogP contribution in [0.15, 0.2) is 48.7 Å². The maximum Gasteiger partial charge on any atom is 0.286 e. The minimum atomic E-state index is -0.417. The van der Waals surface area contributed by atoms with Gasteiger partial charge < -0.3 is 4.98 Å². The number of hydrogen-bond acceptors (Lipinski definition) is 3. The number of benzene rings is 1. The number of carbonyl (C=O) groups is 2. The molecule has 0 saturated carbocycles. The molecular formula is C17H17N5O2. The first-order valence-electron chi connectivity index (χ1n) is 7.43. The zero-order valence-electron chi connectivity index (χ0n) is 13.3. The largest absolute Gasteiger partial charge is 0.357 e. The van der Waals surface area contributed by atoms with Crippen LogP contribution in [0.3, 0.4) is 0 Å². The van der Waals surface area contributed by atoms with Crippen LogP contribution in [0.5, 0.6) is 0 Å². The average molecular weight is 323 g/mol. The Labute approximate surface area is 138 Å². The van der Waals surface area contributed by atoms with Crippen molar-refractivity contribution in [2.45, 2.75) is 13.8 Å². The van der Waals surface area contributed by atoms with Gasteiger partial charge in [0, 0.05) is 6.20 Å². The molecule has 1 aromatic carbocycles. The average Bonchev–Trinajstić information content (AvgIpc) is 3.22. The van der Waals surface area contributed by atoms with Crippen LogP contribution in [-0.4, -0.2) is 26.6 Å². The lowest BCUT2D eigenvalue weighted by Crippen LogP contribution is -2.42. The fourth-order valence-electron chi connectivity index (χ4n) is 2.51. The van der Waals surface area contributed by atoms with Gasteiger partial charge in [0.1, 0.15) is 5.69 Å². The summed E-state index contributed by atoms with van der Waals surface area (Å²) in [4.78, 5) is 27.0. The van der Waals surface area contributed by atoms with Gasteiger partial charge in [-0.25, -0.2) is 4.68 Å². The fraction of sp³-hybridized carbons (Fsp3) is 0.118. The summed E-state index contributed by atoms with van der Waals surface area (Å²) in [5, 5.41) is 4.42. The number of hydrogen-bond donors (Lipinski definition) is 3. The molecule has 0 bridgehead atoms. The third-order valence-corrected chi connectivity index (χ3v) is 3.65. The highest BCUT2D eigenvalue weighted by Gasteiger charge is 2.20. The zero-order valence-corrected chi connectivity index (χ0v) is 13.3. The summed E-state index contributed by atoms with van der Waals surface area (Å²) < 4.78 is 1.71. The minimum Gasteiger partial charge on any atom is -0.357 e. The van der Waals surface area contributed by atoms with Crippen LogP contribution in [-0.2, 0) is 0 Å². The molecule has 3 aromatic rings. The number of para-hydroxylation sites is 1. The highest BCUT2D eigenvalue weighted by Crippen LogP contribution is 2.17. The highest BCUT2D eigenvalue weighted by atomic mass is 16.2. The Hall–Kier alpha value is -3.35. The van der Waals surface area contributed by atoms with E-state index in [1.807, 2.05) is 37.3 Å². The van der Waals surface area contributed by atoms with Gasteiger partial charge in [0.05, 0.1) is 22.6 Å². The first-order valence-corrected chi connectivity index (χ1v) is 7.43. The van der Waals surface area contributed by atoms with E-state index >= 15 is 0 Å². The number of nitrogens with zero attached hydrogens (tertiary/aromatic N) is 2. The first-order chi connectivity index (χ1) is 11.6. The van der Waals surface area contributed by atoms with Crippen molar-refractivity contribution in [1.82, 2.24) is 25.6 Å². The minimum absolute atomic E-state index is 0.365. The van der Waals surface area contributed by atoms with Crippen molar-refractivity contribution in [3.05, 3.63) is 71.3 Å². The molecular weight excluding hydrogens is 306 g/mol. The van der Waals surface area contributed by atoms with Crippen LogP contribution in [0.2, 0.25) is 0 Å². The van der Waals surface area contributed by atoms with Gasteiger partial charge in [-0.15, -0.1) is 0 Å². The molecule has 3 rings (SSSR count). The van der Waals surface area contributed by atoms with Gasteiger partial charge >= 0.3 is 0 Å². The summed E-state index contributed by atoms with van der Waals surface area (Å²) in [6.45, 7) is 3.57. The second-order valence-corrected chi connectivity index (χ2v) is 5.29. The molecule has 0 unspecified atom stereocenters. The van der Waals surface area contributed by atoms with Gasteiger partial charge in [-0.05, 0) is 38.1 Å². The lowest BCUT2D eigenvalue weighted by molar-refractivity contribution is 0.0843. The molecule has 0 saturated heterocycles. The quantitative estimate of drug-likeness (QED) is 0.643. The van der Waals surface area contributed by atoms with Crippen molar-refractivity contribution in [2.24, 2.45) is 0 Å². The van der Waals surface area contributed by atoms with Gasteiger partial charge in [0.25, 0.3) is 11.8 Å². The van der Waals surface area contributed by atoms with E-state index in [9.17, 15) is 9.59 Å². The highest BCUT2D eigenvalue weighted by molar-refractivity contribution is 5.99. The molecule has 2 heterocycles. The molecule has 0 fully saturated rings. The Kier molecular flexibility index (Phi) is 4.15. The molecule has 0 spiro atoms. The van der Waals surface area contributed by atoms with Crippen LogP contribution in [0.1, 0.15) is 32.2 Å². The summed E-state index contributed by atoms with van der Waals surface area (Å²) in [6.07, 6.45) is 1.63. The maximum absolute atomic E-state index is 12.4. The number of H-pyrrole nitrogens is 1. The molecule has 3 N–H and O–H groups in total. The number of rotatable bonds is 3. The number of hydrazine groups is 1. The molecule has 24 heavy (non-hydrogen) atoms. The molecule has 7 nitrogen and oxygen atoms in total. The van der Waals surface area contributed by atoms with Gasteiger partial charge in [-0.2, -0.15) is 5.10 Å². The SMILES string of the molecule is Cc1nn(-c2ccccc2)c(C)c1C(=O)NNC(=O)c1ccc[nH]1. The lowest BCUT2D eigenvalue weighted by atomic mass is 10.2. The van der Waals surface area contributed by atoms with E-state index in [4.69, 9.17) is 0 Å². The summed E-state index contributed by atoms with van der Waals surface area (Å²) in [6, 6.07) is 12.9. The van der Waals surface area contributed by atoms with Crippen molar-refractivity contribution in [1.29, 1.82) is 0 Å². The number of aromatic amines is 1. The van der Waals surface area contributed by atoms with Crippen LogP contribution in [0, 0.1) is 13.8 Å². The fourth-order valence-corrected chi connectivity index (χ4v) is 2.51. The summed E-state index contributed by atoms with van der Waals surface area (Å²) >= 11 is 0. The lowest BCUT2D eigenvalue weighted by Gasteiger charge is -2.07. The van der Waals surface area contributed by atoms with Crippen molar-refractivity contribution >= 4 is 11.8 Å². The van der Waals surface area contributed by atoms with Gasteiger partial charge in [0.2, 0.25) is 0 Å². The van der Waals surface area contributed by atoms with E-state index in [2.05, 4.69) is 20.9 Å². The zero-order chi connectivity index (χ0) is 17.1. The Bertz CT molecular complexity index is 866. The molecule has 0 aliphatic rings. The third kappa shape index (κ3) is 2.91. The molecule has 0 aliphatic carbocycles. The number of nitrogens with one attached hydrogen (secondary N) is 3. The number of aromatic nitrogens is 3. The number of aryl methyl sites for hydroxylation is 1. The van der Waals surface area contributed by atoms with E-state index in [1.54, 1.807) is 29.9 Å². The topological polar surface area (TPSA) is 91.8 Å². The van der Waals surface area contributed by atoms with E-state index in [-0.39, 0.29) is 0 Å². The molecule has 0 radical (unpaired) electrons. The van der Waals surface area contributed by atoms with E-state index in [0.29, 0.717) is 22.6 Å². The van der Waals surface area contributed by atoms with Crippen molar-refractivity contribution in [2.75, 3.05) is 0 Å². The summed E-state index contributed by atoms with van der Waals surface area (Å²) in [7, 11) is 0. The Morgan fingerprint density at radius 3 is 2.38 bits per heavy atom. The molecule has 2 amide bonds. The first kappa shape index (κ1) is 15.5. The smallest absolute Gasteiger partial charge is 0.286 e. The molecule has 0 atom stereocenters. The second kappa shape index (κ2) is 6.41. The molecule has 7 heteroatoms. The van der Waals surface area contributed by atoms with Gasteiger partial charge in [0.15, 0.2) is 0 Å². The molecule has 122 valence electrons. The predicted octanol–water partition coefficient (Wildman–Crippen LogP) is 1.89. The number of carbonyl (C=O) groups excluding carboxylic acids is 2. The second-order valence-electron chi connectivity index (χ2n) is 5.29. The van der Waals surface area contributed by atoms with Gasteiger partial charge in [-0.3, -0.25) is 20.4 Å². The van der Waals surface area contributed by atoms with Gasteiger partial charge in [-0.1, -0.05) is 18.2 Å². The normalized spacial score (nSPS) is 10.4. The summed E-state index contributed by atoms with van der Waals surface area (Å²) in [5.41, 5.74) is 7.76. The Balaban J connectivity index is 1.78.